The number of hydrogen-bond donors (Lipinski definition) is 1. The first-order valence-electron chi connectivity index (χ1n) is 6.64. The molecule has 3 nitrogen and oxygen atoms in total. The van der Waals surface area contributed by atoms with E-state index in [0.29, 0.717) is 6.61 Å². The highest BCUT2D eigenvalue weighted by molar-refractivity contribution is 5.26. The Labute approximate surface area is 116 Å². The normalized spacial score (nSPS) is 17.1. The zero-order valence-corrected chi connectivity index (χ0v) is 11.1. The Morgan fingerprint density at radius 1 is 1.10 bits per heavy atom. The van der Waals surface area contributed by atoms with E-state index in [1.807, 2.05) is 0 Å². The lowest BCUT2D eigenvalue weighted by Gasteiger charge is -2.23. The number of ether oxygens (including phenoxy) is 2. The molecule has 1 aliphatic rings. The molecular formula is C14H18F3NO2. The molecule has 0 bridgehead atoms. The van der Waals surface area contributed by atoms with Crippen LogP contribution in [-0.4, -0.2) is 32.0 Å². The van der Waals surface area contributed by atoms with Gasteiger partial charge in [-0.1, -0.05) is 12.1 Å². The van der Waals surface area contributed by atoms with E-state index >= 15 is 0 Å². The van der Waals surface area contributed by atoms with Gasteiger partial charge in [-0.2, -0.15) is 13.2 Å². The van der Waals surface area contributed by atoms with Crippen LogP contribution in [0.1, 0.15) is 18.4 Å². The average Bonchev–Trinajstić information content (AvgIpc) is 2.44. The minimum absolute atomic E-state index is 0.216. The van der Waals surface area contributed by atoms with Crippen molar-refractivity contribution in [2.24, 2.45) is 0 Å². The third-order valence-electron chi connectivity index (χ3n) is 3.10. The van der Waals surface area contributed by atoms with Crippen molar-refractivity contribution in [2.45, 2.75) is 31.7 Å². The van der Waals surface area contributed by atoms with Crippen LogP contribution >= 0.6 is 0 Å². The summed E-state index contributed by atoms with van der Waals surface area (Å²) in [6.07, 6.45) is -2.06. The van der Waals surface area contributed by atoms with Crippen LogP contribution < -0.4 is 10.1 Å². The second-order valence-corrected chi connectivity index (χ2v) is 4.81. The van der Waals surface area contributed by atoms with E-state index in [0.717, 1.165) is 31.5 Å². The summed E-state index contributed by atoms with van der Waals surface area (Å²) in [6, 6.07) is 6.53. The largest absolute Gasteiger partial charge is 0.484 e. The first kappa shape index (κ1) is 15.1. The molecule has 0 spiro atoms. The van der Waals surface area contributed by atoms with E-state index < -0.39 is 12.8 Å². The van der Waals surface area contributed by atoms with Crippen LogP contribution in [0.15, 0.2) is 24.3 Å². The molecule has 0 aromatic heterocycles. The topological polar surface area (TPSA) is 30.5 Å². The van der Waals surface area contributed by atoms with Crippen LogP contribution in [0.2, 0.25) is 0 Å². The van der Waals surface area contributed by atoms with Gasteiger partial charge in [-0.25, -0.2) is 0 Å². The molecular weight excluding hydrogens is 271 g/mol. The molecule has 20 heavy (non-hydrogen) atoms. The Hall–Kier alpha value is -1.27. The highest BCUT2D eigenvalue weighted by Crippen LogP contribution is 2.19. The van der Waals surface area contributed by atoms with E-state index in [9.17, 15) is 13.2 Å². The van der Waals surface area contributed by atoms with Gasteiger partial charge in [-0.15, -0.1) is 0 Å². The minimum atomic E-state index is -4.31. The summed E-state index contributed by atoms with van der Waals surface area (Å²) in [6.45, 7) is 1.14. The molecule has 1 aromatic rings. The molecule has 0 unspecified atom stereocenters. The molecule has 1 saturated heterocycles. The highest BCUT2D eigenvalue weighted by Gasteiger charge is 2.28. The minimum Gasteiger partial charge on any atom is -0.484 e. The highest BCUT2D eigenvalue weighted by atomic mass is 19.4. The lowest BCUT2D eigenvalue weighted by Crippen LogP contribution is -2.32. The fourth-order valence-electron chi connectivity index (χ4n) is 2.02. The summed E-state index contributed by atoms with van der Waals surface area (Å²) in [4.78, 5) is 0. The maximum atomic E-state index is 12.0. The van der Waals surface area contributed by atoms with Gasteiger partial charge in [0, 0.05) is 0 Å². The Balaban J connectivity index is 1.76. The van der Waals surface area contributed by atoms with Crippen molar-refractivity contribution in [3.8, 4) is 5.75 Å². The smallest absolute Gasteiger partial charge is 0.422 e. The van der Waals surface area contributed by atoms with E-state index in [1.165, 1.54) is 12.1 Å². The third kappa shape index (κ3) is 5.38. The van der Waals surface area contributed by atoms with Crippen LogP contribution in [-0.2, 0) is 11.3 Å². The maximum absolute atomic E-state index is 12.0. The van der Waals surface area contributed by atoms with Gasteiger partial charge in [0.2, 0.25) is 0 Å². The van der Waals surface area contributed by atoms with Crippen LogP contribution in [0.5, 0.6) is 5.75 Å². The standard InChI is InChI=1S/C14H18F3NO2/c15-14(16,17)10-20-12-3-1-11(2-4-12)9-19-13-5-7-18-8-6-13/h1-4,13,18H,5-10H2. The van der Waals surface area contributed by atoms with Gasteiger partial charge in [-0.05, 0) is 43.6 Å². The third-order valence-corrected chi connectivity index (χ3v) is 3.10. The fraction of sp³-hybridized carbons (Fsp3) is 0.571. The molecule has 1 N–H and O–H groups in total. The number of hydrogen-bond acceptors (Lipinski definition) is 3. The molecule has 112 valence electrons. The quantitative estimate of drug-likeness (QED) is 0.904. The lowest BCUT2D eigenvalue weighted by atomic mass is 10.1. The maximum Gasteiger partial charge on any atom is 0.422 e. The van der Waals surface area contributed by atoms with E-state index in [4.69, 9.17) is 4.74 Å². The number of halogens is 3. The van der Waals surface area contributed by atoms with Crippen molar-refractivity contribution in [2.75, 3.05) is 19.7 Å². The van der Waals surface area contributed by atoms with Crippen molar-refractivity contribution in [3.05, 3.63) is 29.8 Å². The summed E-state index contributed by atoms with van der Waals surface area (Å²) in [5.41, 5.74) is 0.933. The zero-order valence-electron chi connectivity index (χ0n) is 11.1. The van der Waals surface area contributed by atoms with Gasteiger partial charge < -0.3 is 14.8 Å². The predicted molar refractivity (Wildman–Crippen MR) is 68.7 cm³/mol. The van der Waals surface area contributed by atoms with Gasteiger partial charge >= 0.3 is 6.18 Å². The average molecular weight is 289 g/mol. The van der Waals surface area contributed by atoms with Crippen molar-refractivity contribution >= 4 is 0 Å². The number of nitrogens with one attached hydrogen (secondary N) is 1. The molecule has 0 aliphatic carbocycles. The van der Waals surface area contributed by atoms with E-state index in [1.54, 1.807) is 12.1 Å². The van der Waals surface area contributed by atoms with Crippen LogP contribution in [0, 0.1) is 0 Å². The molecule has 6 heteroatoms. The molecule has 1 aliphatic heterocycles. The SMILES string of the molecule is FC(F)(F)COc1ccc(COC2CCNCC2)cc1. The molecule has 0 saturated carbocycles. The molecule has 1 aromatic carbocycles. The summed E-state index contributed by atoms with van der Waals surface area (Å²) in [5, 5.41) is 3.26. The van der Waals surface area contributed by atoms with Crippen LogP contribution in [0.4, 0.5) is 13.2 Å². The van der Waals surface area contributed by atoms with Crippen LogP contribution in [0.25, 0.3) is 0 Å². The lowest BCUT2D eigenvalue weighted by molar-refractivity contribution is -0.153. The molecule has 2 rings (SSSR count). The number of benzene rings is 1. The van der Waals surface area contributed by atoms with Gasteiger partial charge in [0.1, 0.15) is 5.75 Å². The van der Waals surface area contributed by atoms with E-state index in [2.05, 4.69) is 10.1 Å². The van der Waals surface area contributed by atoms with E-state index in [-0.39, 0.29) is 11.9 Å². The van der Waals surface area contributed by atoms with Gasteiger partial charge in [0.05, 0.1) is 12.7 Å². The predicted octanol–water partition coefficient (Wildman–Crippen LogP) is 2.90. The van der Waals surface area contributed by atoms with Gasteiger partial charge in [-0.3, -0.25) is 0 Å². The molecule has 1 fully saturated rings. The molecule has 1 heterocycles. The summed E-state index contributed by atoms with van der Waals surface area (Å²) < 4.78 is 46.4. The Bertz CT molecular complexity index is 400. The monoisotopic (exact) mass is 289 g/mol. The second-order valence-electron chi connectivity index (χ2n) is 4.81. The van der Waals surface area contributed by atoms with Crippen LogP contribution in [0.3, 0.4) is 0 Å². The first-order chi connectivity index (χ1) is 9.53. The van der Waals surface area contributed by atoms with Crippen molar-refractivity contribution < 1.29 is 22.6 Å². The fourth-order valence-corrected chi connectivity index (χ4v) is 2.02. The Morgan fingerprint density at radius 2 is 1.75 bits per heavy atom. The summed E-state index contributed by atoms with van der Waals surface area (Å²) >= 11 is 0. The number of piperidine rings is 1. The Kier molecular flexibility index (Phi) is 5.25. The Morgan fingerprint density at radius 3 is 2.35 bits per heavy atom. The number of alkyl halides is 3. The summed E-state index contributed by atoms with van der Waals surface area (Å²) in [5.74, 6) is 0.216. The van der Waals surface area contributed by atoms with Gasteiger partial charge in [0.25, 0.3) is 0 Å². The van der Waals surface area contributed by atoms with Crippen molar-refractivity contribution in [1.29, 1.82) is 0 Å². The number of rotatable bonds is 5. The second kappa shape index (κ2) is 6.95. The van der Waals surface area contributed by atoms with Crippen molar-refractivity contribution in [1.82, 2.24) is 5.32 Å². The first-order valence-corrected chi connectivity index (χ1v) is 6.64. The molecule has 0 amide bonds. The van der Waals surface area contributed by atoms with Gasteiger partial charge in [0.15, 0.2) is 6.61 Å². The zero-order chi connectivity index (χ0) is 14.4. The molecule has 0 radical (unpaired) electrons. The van der Waals surface area contributed by atoms with Crippen molar-refractivity contribution in [3.63, 3.8) is 0 Å². The molecule has 0 atom stereocenters. The summed E-state index contributed by atoms with van der Waals surface area (Å²) in [7, 11) is 0.